The molecule has 1 atom stereocenters. The van der Waals surface area contributed by atoms with Crippen LogP contribution in [0.3, 0.4) is 0 Å². The number of ketones is 1. The van der Waals surface area contributed by atoms with Gasteiger partial charge in [0, 0.05) is 18.3 Å². The highest BCUT2D eigenvalue weighted by atomic mass is 19.1. The first-order chi connectivity index (χ1) is 10.6. The Morgan fingerprint density at radius 3 is 2.73 bits per heavy atom. The Hall–Kier alpha value is -2.60. The first kappa shape index (κ1) is 14.3. The summed E-state index contributed by atoms with van der Waals surface area (Å²) >= 11 is 0. The van der Waals surface area contributed by atoms with E-state index in [1.54, 1.807) is 12.1 Å². The van der Waals surface area contributed by atoms with Crippen LogP contribution in [0.25, 0.3) is 0 Å². The van der Waals surface area contributed by atoms with E-state index in [0.29, 0.717) is 6.42 Å². The van der Waals surface area contributed by atoms with Crippen molar-refractivity contribution in [3.05, 3.63) is 65.2 Å². The largest absolute Gasteiger partial charge is 0.366 e. The molecule has 0 saturated carbocycles. The number of hydrogen-bond donors (Lipinski definition) is 1. The summed E-state index contributed by atoms with van der Waals surface area (Å²) in [5.41, 5.74) is 1.19. The minimum Gasteiger partial charge on any atom is -0.366 e. The number of aliphatic hydroxyl groups excluding tert-OH is 1. The van der Waals surface area contributed by atoms with Gasteiger partial charge >= 0.3 is 0 Å². The van der Waals surface area contributed by atoms with Gasteiger partial charge in [0.05, 0.1) is 0 Å². The quantitative estimate of drug-likeness (QED) is 0.870. The second-order valence-electron chi connectivity index (χ2n) is 5.00. The van der Waals surface area contributed by atoms with Crippen LogP contribution in [0.5, 0.6) is 0 Å². The predicted octanol–water partition coefficient (Wildman–Crippen LogP) is 1.42. The Bertz CT molecular complexity index is 730. The Morgan fingerprint density at radius 1 is 1.27 bits per heavy atom. The average Bonchev–Trinajstić information content (AvgIpc) is 2.55. The van der Waals surface area contributed by atoms with E-state index in [1.807, 2.05) is 0 Å². The third-order valence-electron chi connectivity index (χ3n) is 3.64. The van der Waals surface area contributed by atoms with Crippen molar-refractivity contribution in [3.8, 4) is 0 Å². The van der Waals surface area contributed by atoms with Crippen molar-refractivity contribution in [1.29, 1.82) is 0 Å². The molecule has 1 aliphatic rings. The third kappa shape index (κ3) is 2.48. The zero-order chi connectivity index (χ0) is 15.7. The number of aliphatic hydroxyl groups is 1. The molecule has 0 radical (unpaired) electrons. The summed E-state index contributed by atoms with van der Waals surface area (Å²) < 4.78 is 12.9. The summed E-state index contributed by atoms with van der Waals surface area (Å²) in [4.78, 5) is 29.7. The van der Waals surface area contributed by atoms with E-state index in [4.69, 9.17) is 0 Å². The van der Waals surface area contributed by atoms with Gasteiger partial charge in [0.15, 0.2) is 6.23 Å². The van der Waals surface area contributed by atoms with Gasteiger partial charge < -0.3 is 10.0 Å². The number of carbonyl (C=O) groups excluding carboxylic acids is 2. The van der Waals surface area contributed by atoms with E-state index in [-0.39, 0.29) is 17.8 Å². The van der Waals surface area contributed by atoms with Gasteiger partial charge in [-0.15, -0.1) is 0 Å². The fourth-order valence-electron chi connectivity index (χ4n) is 2.45. The standard InChI is InChI=1S/C16H13FN2O3/c17-12-5-3-11(4-6-12)14(20)16(22)19-9-7-10-2-1-8-18-13(10)15(19)21/h1-6,8,16,22H,7,9H2. The van der Waals surface area contributed by atoms with Crippen LogP contribution in [-0.4, -0.2) is 39.5 Å². The number of hydrogen-bond acceptors (Lipinski definition) is 4. The van der Waals surface area contributed by atoms with Gasteiger partial charge in [-0.1, -0.05) is 6.07 Å². The molecule has 1 aliphatic heterocycles. The van der Waals surface area contributed by atoms with Crippen LogP contribution in [0.4, 0.5) is 4.39 Å². The molecule has 0 saturated heterocycles. The Kier molecular flexibility index (Phi) is 3.68. The van der Waals surface area contributed by atoms with Crippen molar-refractivity contribution >= 4 is 11.7 Å². The lowest BCUT2D eigenvalue weighted by Gasteiger charge is -2.31. The first-order valence-corrected chi connectivity index (χ1v) is 6.80. The summed E-state index contributed by atoms with van der Waals surface area (Å²) in [6.45, 7) is 0.228. The van der Waals surface area contributed by atoms with Crippen LogP contribution in [-0.2, 0) is 6.42 Å². The van der Waals surface area contributed by atoms with Crippen molar-refractivity contribution in [1.82, 2.24) is 9.88 Å². The maximum atomic E-state index is 12.9. The number of nitrogens with zero attached hydrogens (tertiary/aromatic N) is 2. The molecule has 3 rings (SSSR count). The molecule has 0 bridgehead atoms. The van der Waals surface area contributed by atoms with Crippen molar-refractivity contribution in [3.63, 3.8) is 0 Å². The predicted molar refractivity (Wildman–Crippen MR) is 75.7 cm³/mol. The fraction of sp³-hybridized carbons (Fsp3) is 0.188. The molecule has 2 heterocycles. The number of pyridine rings is 1. The molecule has 1 aromatic heterocycles. The highest BCUT2D eigenvalue weighted by Gasteiger charge is 2.33. The number of carbonyl (C=O) groups is 2. The second kappa shape index (κ2) is 5.65. The number of benzene rings is 1. The maximum Gasteiger partial charge on any atom is 0.275 e. The molecule has 6 heteroatoms. The average molecular weight is 300 g/mol. The zero-order valence-corrected chi connectivity index (χ0v) is 11.6. The van der Waals surface area contributed by atoms with Gasteiger partial charge in [-0.3, -0.25) is 14.6 Å². The van der Waals surface area contributed by atoms with Crippen LogP contribution in [0, 0.1) is 5.82 Å². The molecule has 1 N–H and O–H groups in total. The van der Waals surface area contributed by atoms with Crippen molar-refractivity contribution in [2.45, 2.75) is 12.6 Å². The number of halogens is 1. The molecule has 1 amide bonds. The maximum absolute atomic E-state index is 12.9. The van der Waals surface area contributed by atoms with E-state index in [1.165, 1.54) is 18.3 Å². The number of rotatable bonds is 3. The summed E-state index contributed by atoms with van der Waals surface area (Å²) in [5.74, 6) is -1.60. The number of fused-ring (bicyclic) bond motifs is 1. The van der Waals surface area contributed by atoms with Crippen LogP contribution >= 0.6 is 0 Å². The fourth-order valence-corrected chi connectivity index (χ4v) is 2.45. The van der Waals surface area contributed by atoms with E-state index >= 15 is 0 Å². The molecule has 2 aromatic rings. The topological polar surface area (TPSA) is 70.5 Å². The minimum absolute atomic E-state index is 0.147. The van der Waals surface area contributed by atoms with Crippen molar-refractivity contribution in [2.24, 2.45) is 0 Å². The number of amides is 1. The Balaban J connectivity index is 1.84. The Morgan fingerprint density at radius 2 is 2.00 bits per heavy atom. The molecule has 1 aromatic carbocycles. The van der Waals surface area contributed by atoms with Crippen LogP contribution in [0.2, 0.25) is 0 Å². The van der Waals surface area contributed by atoms with Gasteiger partial charge in [-0.05, 0) is 42.3 Å². The van der Waals surface area contributed by atoms with E-state index in [9.17, 15) is 19.1 Å². The normalized spacial score (nSPS) is 15.4. The van der Waals surface area contributed by atoms with E-state index < -0.39 is 23.7 Å². The molecule has 0 fully saturated rings. The van der Waals surface area contributed by atoms with E-state index in [2.05, 4.69) is 4.98 Å². The molecule has 0 spiro atoms. The minimum atomic E-state index is -1.60. The summed E-state index contributed by atoms with van der Waals surface area (Å²) in [6.07, 6.45) is 0.407. The second-order valence-corrected chi connectivity index (χ2v) is 5.00. The smallest absolute Gasteiger partial charge is 0.275 e. The number of aromatic nitrogens is 1. The van der Waals surface area contributed by atoms with Crippen molar-refractivity contribution < 1.29 is 19.1 Å². The molecule has 5 nitrogen and oxygen atoms in total. The lowest BCUT2D eigenvalue weighted by molar-refractivity contribution is 0.00957. The van der Waals surface area contributed by atoms with Gasteiger partial charge in [0.1, 0.15) is 11.5 Å². The molecule has 22 heavy (non-hydrogen) atoms. The number of Topliss-reactive ketones (excluding diaryl/α,β-unsaturated/α-hetero) is 1. The highest BCUT2D eigenvalue weighted by Crippen LogP contribution is 2.19. The molecule has 112 valence electrons. The van der Waals surface area contributed by atoms with Gasteiger partial charge in [0.25, 0.3) is 5.91 Å². The molecular formula is C16H13FN2O3. The van der Waals surface area contributed by atoms with Gasteiger partial charge in [-0.2, -0.15) is 0 Å². The summed E-state index contributed by atoms with van der Waals surface area (Å²) in [7, 11) is 0. The Labute approximate surface area is 126 Å². The molecular weight excluding hydrogens is 287 g/mol. The first-order valence-electron chi connectivity index (χ1n) is 6.80. The molecule has 0 aliphatic carbocycles. The van der Waals surface area contributed by atoms with Crippen LogP contribution < -0.4 is 0 Å². The van der Waals surface area contributed by atoms with Gasteiger partial charge in [-0.25, -0.2) is 4.39 Å². The summed E-state index contributed by atoms with van der Waals surface area (Å²) in [5, 5.41) is 10.2. The lowest BCUT2D eigenvalue weighted by Crippen LogP contribution is -2.48. The molecule has 1 unspecified atom stereocenters. The summed E-state index contributed by atoms with van der Waals surface area (Å²) in [6, 6.07) is 8.36. The zero-order valence-electron chi connectivity index (χ0n) is 11.6. The SMILES string of the molecule is O=C(c1ccc(F)cc1)C(O)N1CCc2cccnc2C1=O. The van der Waals surface area contributed by atoms with Crippen molar-refractivity contribution in [2.75, 3.05) is 6.54 Å². The van der Waals surface area contributed by atoms with E-state index in [0.717, 1.165) is 22.6 Å². The monoisotopic (exact) mass is 300 g/mol. The van der Waals surface area contributed by atoms with Crippen LogP contribution in [0.1, 0.15) is 26.4 Å². The van der Waals surface area contributed by atoms with Crippen LogP contribution in [0.15, 0.2) is 42.6 Å². The lowest BCUT2D eigenvalue weighted by atomic mass is 10.0. The van der Waals surface area contributed by atoms with Gasteiger partial charge in [0.2, 0.25) is 5.78 Å². The highest BCUT2D eigenvalue weighted by molar-refractivity contribution is 6.03. The third-order valence-corrected chi connectivity index (χ3v) is 3.64.